The van der Waals surface area contributed by atoms with Crippen LogP contribution < -0.4 is 10.1 Å². The second-order valence-electron chi connectivity index (χ2n) is 12.3. The molecule has 1 aliphatic carbocycles. The third kappa shape index (κ3) is 5.67. The summed E-state index contributed by atoms with van der Waals surface area (Å²) in [5.41, 5.74) is 3.22. The molecule has 1 unspecified atom stereocenters. The maximum Gasteiger partial charge on any atom is 0.307 e. The van der Waals surface area contributed by atoms with Gasteiger partial charge in [-0.3, -0.25) is 28.9 Å². The molecule has 4 aromatic rings. The van der Waals surface area contributed by atoms with E-state index in [9.17, 15) is 29.1 Å². The van der Waals surface area contributed by atoms with Crippen molar-refractivity contribution in [2.45, 2.75) is 38.1 Å². The maximum atomic E-state index is 14.3. The average molecular weight is 651 g/mol. The number of oxazole rings is 1. The second kappa shape index (κ2) is 12.9. The molecule has 12 nitrogen and oxygen atoms in total. The summed E-state index contributed by atoms with van der Waals surface area (Å²) >= 11 is 0. The summed E-state index contributed by atoms with van der Waals surface area (Å²) in [6.45, 7) is 0.367. The first kappa shape index (κ1) is 31.1. The average Bonchev–Trinajstić information content (AvgIpc) is 3.65. The van der Waals surface area contributed by atoms with Crippen molar-refractivity contribution < 1.29 is 38.2 Å². The Morgan fingerprint density at radius 1 is 0.917 bits per heavy atom. The van der Waals surface area contributed by atoms with Crippen molar-refractivity contribution in [3.05, 3.63) is 94.9 Å². The van der Waals surface area contributed by atoms with Crippen LogP contribution in [0, 0.1) is 11.8 Å². The third-order valence-corrected chi connectivity index (χ3v) is 9.54. The molecule has 0 spiro atoms. The zero-order chi connectivity index (χ0) is 33.4. The number of para-hydroxylation sites is 2. The lowest BCUT2D eigenvalue weighted by Crippen LogP contribution is -2.50. The Hall–Kier alpha value is -5.52. The van der Waals surface area contributed by atoms with E-state index in [0.29, 0.717) is 59.3 Å². The first-order valence-electron chi connectivity index (χ1n) is 16.2. The Labute approximate surface area is 275 Å². The second-order valence-corrected chi connectivity index (χ2v) is 12.3. The number of rotatable bonds is 9. The molecule has 48 heavy (non-hydrogen) atoms. The van der Waals surface area contributed by atoms with E-state index in [2.05, 4.69) is 10.3 Å². The summed E-state index contributed by atoms with van der Waals surface area (Å²) in [6.07, 6.45) is 2.84. The van der Waals surface area contributed by atoms with Gasteiger partial charge in [0.25, 0.3) is 17.7 Å². The zero-order valence-corrected chi connectivity index (χ0v) is 26.1. The van der Waals surface area contributed by atoms with Gasteiger partial charge in [0.1, 0.15) is 17.9 Å². The number of fused-ring (bicyclic) bond motifs is 3. The number of amides is 4. The number of imide groups is 1. The van der Waals surface area contributed by atoms with Crippen LogP contribution in [0.3, 0.4) is 0 Å². The van der Waals surface area contributed by atoms with Gasteiger partial charge in [0.05, 0.1) is 42.1 Å². The quantitative estimate of drug-likeness (QED) is 0.199. The first-order valence-corrected chi connectivity index (χ1v) is 16.2. The van der Waals surface area contributed by atoms with Crippen LogP contribution in [-0.2, 0) is 16.0 Å². The van der Waals surface area contributed by atoms with Crippen molar-refractivity contribution in [2.75, 3.05) is 26.2 Å². The summed E-state index contributed by atoms with van der Waals surface area (Å²) in [6, 6.07) is 18.4. The van der Waals surface area contributed by atoms with Crippen molar-refractivity contribution in [3.8, 4) is 5.75 Å². The van der Waals surface area contributed by atoms with Gasteiger partial charge >= 0.3 is 11.9 Å². The molecule has 0 bridgehead atoms. The molecule has 12 heteroatoms. The molecule has 1 saturated carbocycles. The van der Waals surface area contributed by atoms with Crippen LogP contribution in [-0.4, -0.2) is 75.7 Å². The summed E-state index contributed by atoms with van der Waals surface area (Å²) < 4.78 is 11.8. The van der Waals surface area contributed by atoms with Crippen molar-refractivity contribution in [1.82, 2.24) is 20.1 Å². The number of carboxylic acid groups (broad SMARTS) is 1. The Balaban J connectivity index is 1.15. The highest BCUT2D eigenvalue weighted by molar-refractivity contribution is 6.21. The number of carbonyl (C=O) groups is 5. The van der Waals surface area contributed by atoms with Gasteiger partial charge in [-0.2, -0.15) is 0 Å². The summed E-state index contributed by atoms with van der Waals surface area (Å²) in [7, 11) is 0. The summed E-state index contributed by atoms with van der Waals surface area (Å²) in [5, 5.41) is 12.7. The van der Waals surface area contributed by atoms with Gasteiger partial charge in [-0.25, -0.2) is 4.98 Å². The topological polar surface area (TPSA) is 159 Å². The van der Waals surface area contributed by atoms with E-state index in [1.807, 2.05) is 12.1 Å². The van der Waals surface area contributed by atoms with Gasteiger partial charge in [0, 0.05) is 12.1 Å². The predicted octanol–water partition coefficient (Wildman–Crippen LogP) is 4.25. The predicted molar refractivity (Wildman–Crippen MR) is 171 cm³/mol. The van der Waals surface area contributed by atoms with Crippen molar-refractivity contribution in [3.63, 3.8) is 0 Å². The summed E-state index contributed by atoms with van der Waals surface area (Å²) in [5.74, 6) is -3.81. The zero-order valence-electron chi connectivity index (χ0n) is 26.1. The fourth-order valence-electron chi connectivity index (χ4n) is 7.20. The largest absolute Gasteiger partial charge is 0.491 e. The molecule has 4 amide bonds. The first-order chi connectivity index (χ1) is 23.3. The lowest BCUT2D eigenvalue weighted by molar-refractivity contribution is -0.153. The minimum Gasteiger partial charge on any atom is -0.491 e. The highest BCUT2D eigenvalue weighted by atomic mass is 16.5. The molecule has 1 fully saturated rings. The van der Waals surface area contributed by atoms with Gasteiger partial charge in [0.15, 0.2) is 5.58 Å². The van der Waals surface area contributed by atoms with Crippen molar-refractivity contribution >= 4 is 40.7 Å². The minimum atomic E-state index is -0.994. The number of hydrogen-bond acceptors (Lipinski definition) is 8. The van der Waals surface area contributed by atoms with E-state index in [1.165, 1.54) is 0 Å². The molecular formula is C36H34N4O8. The van der Waals surface area contributed by atoms with Crippen molar-refractivity contribution in [1.29, 1.82) is 0 Å². The number of carboxylic acids is 1. The number of benzene rings is 3. The number of nitrogens with zero attached hydrogens (tertiary/aromatic N) is 3. The number of aromatic nitrogens is 1. The summed E-state index contributed by atoms with van der Waals surface area (Å²) in [4.78, 5) is 73.2. The number of ether oxygens (including phenoxy) is 1. The van der Waals surface area contributed by atoms with E-state index in [4.69, 9.17) is 9.15 Å². The molecule has 2 N–H and O–H groups in total. The standard InChI is InChI=1S/C36H34N4O8/c41-31(32-38-26-13-5-6-14-28(26)48-32)37-17-19-47-29-15-7-8-21-16-18-39(33(42)24-11-3-4-12-25(24)36(45)46)27(30(21)29)20-40-34(43)22-9-1-2-10-23(22)35(40)44/h1-2,5-10,13-15,24-25,27H,3-4,11-12,16-20H2,(H,37,41)(H,45,46)/t24-,25+,27?/m1/s1. The lowest BCUT2D eigenvalue weighted by Gasteiger charge is -2.42. The molecule has 3 atom stereocenters. The van der Waals surface area contributed by atoms with Crippen LogP contribution in [0.2, 0.25) is 0 Å². The highest BCUT2D eigenvalue weighted by Gasteiger charge is 2.45. The number of nitrogens with one attached hydrogen (secondary N) is 1. The SMILES string of the molecule is O=C(NCCOc1cccc2c1C(CN1C(=O)c3ccccc3C1=O)N(C(=O)[C@@H]1CCCC[C@@H]1C(=O)O)CC2)c1nc2ccccc2o1. The van der Waals surface area contributed by atoms with Gasteiger partial charge in [0.2, 0.25) is 5.91 Å². The van der Waals surface area contributed by atoms with Gasteiger partial charge < -0.3 is 24.5 Å². The van der Waals surface area contributed by atoms with Gasteiger partial charge in [-0.15, -0.1) is 0 Å². The van der Waals surface area contributed by atoms with Crippen LogP contribution in [0.4, 0.5) is 0 Å². The van der Waals surface area contributed by atoms with Crippen LogP contribution in [0.5, 0.6) is 5.75 Å². The smallest absolute Gasteiger partial charge is 0.307 e. The van der Waals surface area contributed by atoms with Gasteiger partial charge in [-0.1, -0.05) is 49.2 Å². The lowest BCUT2D eigenvalue weighted by atomic mass is 9.77. The van der Waals surface area contributed by atoms with Crippen LogP contribution in [0.1, 0.15) is 74.3 Å². The fraction of sp³-hybridized carbons (Fsp3) is 0.333. The van der Waals surface area contributed by atoms with Crippen LogP contribution in [0.25, 0.3) is 11.1 Å². The van der Waals surface area contributed by atoms with Gasteiger partial charge in [-0.05, 0) is 55.2 Å². The fourth-order valence-corrected chi connectivity index (χ4v) is 7.20. The molecule has 0 saturated heterocycles. The van der Waals surface area contributed by atoms with Crippen LogP contribution in [0.15, 0.2) is 71.1 Å². The van der Waals surface area contributed by atoms with E-state index in [0.717, 1.165) is 23.3 Å². The molecule has 7 rings (SSSR count). The molecule has 1 aromatic heterocycles. The molecule has 3 aliphatic rings. The maximum absolute atomic E-state index is 14.3. The molecular weight excluding hydrogens is 616 g/mol. The van der Waals surface area contributed by atoms with Crippen LogP contribution >= 0.6 is 0 Å². The molecule has 3 heterocycles. The molecule has 246 valence electrons. The third-order valence-electron chi connectivity index (χ3n) is 9.54. The molecule has 0 radical (unpaired) electrons. The number of aliphatic carboxylic acids is 1. The Morgan fingerprint density at radius 2 is 1.62 bits per heavy atom. The molecule has 3 aromatic carbocycles. The van der Waals surface area contributed by atoms with E-state index >= 15 is 0 Å². The van der Waals surface area contributed by atoms with E-state index < -0.39 is 41.6 Å². The minimum absolute atomic E-state index is 0.0640. The van der Waals surface area contributed by atoms with E-state index in [-0.39, 0.29) is 31.5 Å². The Kier molecular flexibility index (Phi) is 8.38. The van der Waals surface area contributed by atoms with Crippen molar-refractivity contribution in [2.24, 2.45) is 11.8 Å². The monoisotopic (exact) mass is 650 g/mol. The Morgan fingerprint density at radius 3 is 2.35 bits per heavy atom. The highest BCUT2D eigenvalue weighted by Crippen LogP contribution is 2.41. The van der Waals surface area contributed by atoms with E-state index in [1.54, 1.807) is 59.5 Å². The Bertz CT molecular complexity index is 1870. The number of carbonyl (C=O) groups excluding carboxylic acids is 4. The molecule has 2 aliphatic heterocycles. The normalized spacial score (nSPS) is 20.4. The number of hydrogen-bond donors (Lipinski definition) is 2.